The maximum atomic E-state index is 13.6. The fourth-order valence-corrected chi connectivity index (χ4v) is 1.91. The van der Waals surface area contributed by atoms with Crippen molar-refractivity contribution in [2.75, 3.05) is 17.7 Å². The van der Waals surface area contributed by atoms with Gasteiger partial charge in [-0.3, -0.25) is 0 Å². The lowest BCUT2D eigenvalue weighted by Crippen LogP contribution is -2.06. The number of rotatable bonds is 6. The van der Waals surface area contributed by atoms with Crippen LogP contribution in [0.15, 0.2) is 36.4 Å². The van der Waals surface area contributed by atoms with Gasteiger partial charge in [0.15, 0.2) is 0 Å². The van der Waals surface area contributed by atoms with Crippen LogP contribution >= 0.6 is 0 Å². The van der Waals surface area contributed by atoms with Crippen molar-refractivity contribution in [2.24, 2.45) is 0 Å². The third kappa shape index (κ3) is 3.84. The zero-order valence-corrected chi connectivity index (χ0v) is 11.8. The average molecular weight is 292 g/mol. The molecule has 112 valence electrons. The number of hydrogen-bond donors (Lipinski definition) is 2. The first-order valence-electron chi connectivity index (χ1n) is 6.81. The molecule has 0 aromatic heterocycles. The number of ether oxygens (including phenoxy) is 1. The Morgan fingerprint density at radius 3 is 2.76 bits per heavy atom. The summed E-state index contributed by atoms with van der Waals surface area (Å²) in [5.74, 6) is -0.344. The summed E-state index contributed by atoms with van der Waals surface area (Å²) in [6.07, 6.45) is 0.881. The molecule has 3 N–H and O–H groups in total. The molecule has 0 unspecified atom stereocenters. The average Bonchev–Trinajstić information content (AvgIpc) is 2.48. The van der Waals surface area contributed by atoms with Crippen LogP contribution in [0.4, 0.5) is 20.2 Å². The molecule has 0 bridgehead atoms. The molecule has 0 aliphatic rings. The maximum absolute atomic E-state index is 13.6. The van der Waals surface area contributed by atoms with E-state index < -0.39 is 11.6 Å². The molecular weight excluding hydrogens is 274 g/mol. The molecular formula is C16H18F2N2O. The largest absolute Gasteiger partial charge is 0.491 e. The molecule has 0 radical (unpaired) electrons. The molecule has 0 spiro atoms. The van der Waals surface area contributed by atoms with Crippen molar-refractivity contribution in [1.82, 2.24) is 0 Å². The first-order valence-corrected chi connectivity index (χ1v) is 6.81. The van der Waals surface area contributed by atoms with E-state index in [1.807, 2.05) is 6.92 Å². The fraction of sp³-hybridized carbons (Fsp3) is 0.250. The van der Waals surface area contributed by atoms with E-state index in [2.05, 4.69) is 5.32 Å². The second-order valence-corrected chi connectivity index (χ2v) is 4.66. The summed E-state index contributed by atoms with van der Waals surface area (Å²) >= 11 is 0. The Bertz CT molecular complexity index is 617. The van der Waals surface area contributed by atoms with E-state index in [-0.39, 0.29) is 12.1 Å². The smallest absolute Gasteiger partial charge is 0.144 e. The van der Waals surface area contributed by atoms with E-state index in [9.17, 15) is 8.78 Å². The molecule has 2 aromatic carbocycles. The first-order chi connectivity index (χ1) is 10.1. The van der Waals surface area contributed by atoms with Gasteiger partial charge < -0.3 is 15.8 Å². The summed E-state index contributed by atoms with van der Waals surface area (Å²) in [5.41, 5.74) is 7.34. The summed E-state index contributed by atoms with van der Waals surface area (Å²) in [4.78, 5) is 0. The molecule has 21 heavy (non-hydrogen) atoms. The van der Waals surface area contributed by atoms with Crippen LogP contribution in [0.3, 0.4) is 0 Å². The van der Waals surface area contributed by atoms with Crippen molar-refractivity contribution in [3.63, 3.8) is 0 Å². The Kier molecular flexibility index (Phi) is 4.98. The standard InChI is InChI=1S/C16H18F2N2O/c1-2-8-21-15-5-3-4-14(16(15)19)20-10-11-9-12(17)6-7-13(11)18/h3-7,9,20H,2,8,10,19H2,1H3. The van der Waals surface area contributed by atoms with Crippen LogP contribution in [0.25, 0.3) is 0 Å². The number of hydrogen-bond acceptors (Lipinski definition) is 3. The Hall–Kier alpha value is -2.30. The summed E-state index contributed by atoms with van der Waals surface area (Å²) < 4.78 is 32.2. The Balaban J connectivity index is 2.11. The van der Waals surface area contributed by atoms with Crippen molar-refractivity contribution >= 4 is 11.4 Å². The zero-order chi connectivity index (χ0) is 15.2. The van der Waals surface area contributed by atoms with Gasteiger partial charge in [-0.05, 0) is 36.8 Å². The highest BCUT2D eigenvalue weighted by molar-refractivity contribution is 5.72. The third-order valence-electron chi connectivity index (χ3n) is 3.00. The third-order valence-corrected chi connectivity index (χ3v) is 3.00. The molecule has 0 heterocycles. The van der Waals surface area contributed by atoms with E-state index in [1.165, 1.54) is 0 Å². The number of para-hydroxylation sites is 1. The minimum atomic E-state index is -0.471. The van der Waals surface area contributed by atoms with Gasteiger partial charge in [-0.2, -0.15) is 0 Å². The normalized spacial score (nSPS) is 10.4. The number of anilines is 2. The predicted molar refractivity (Wildman–Crippen MR) is 80.3 cm³/mol. The monoisotopic (exact) mass is 292 g/mol. The van der Waals surface area contributed by atoms with Gasteiger partial charge in [-0.15, -0.1) is 0 Å². The number of nitrogens with one attached hydrogen (secondary N) is 1. The van der Waals surface area contributed by atoms with Crippen molar-refractivity contribution in [3.05, 3.63) is 53.6 Å². The van der Waals surface area contributed by atoms with E-state index in [0.717, 1.165) is 24.6 Å². The van der Waals surface area contributed by atoms with Crippen LogP contribution < -0.4 is 15.8 Å². The Morgan fingerprint density at radius 2 is 2.00 bits per heavy atom. The highest BCUT2D eigenvalue weighted by Crippen LogP contribution is 2.30. The van der Waals surface area contributed by atoms with Gasteiger partial charge >= 0.3 is 0 Å². The fourth-order valence-electron chi connectivity index (χ4n) is 1.91. The van der Waals surface area contributed by atoms with Gasteiger partial charge in [0.25, 0.3) is 0 Å². The number of nitrogens with two attached hydrogens (primary N) is 1. The highest BCUT2D eigenvalue weighted by Gasteiger charge is 2.08. The maximum Gasteiger partial charge on any atom is 0.144 e. The molecule has 0 saturated heterocycles. The van der Waals surface area contributed by atoms with Crippen molar-refractivity contribution < 1.29 is 13.5 Å². The molecule has 0 saturated carbocycles. The molecule has 0 aliphatic heterocycles. The predicted octanol–water partition coefficient (Wildman–Crippen LogP) is 3.95. The number of nitrogen functional groups attached to an aromatic ring is 1. The topological polar surface area (TPSA) is 47.3 Å². The Morgan fingerprint density at radius 1 is 1.19 bits per heavy atom. The van der Waals surface area contributed by atoms with Crippen LogP contribution in [-0.2, 0) is 6.54 Å². The van der Waals surface area contributed by atoms with Crippen LogP contribution in [0.5, 0.6) is 5.75 Å². The minimum absolute atomic E-state index is 0.144. The highest BCUT2D eigenvalue weighted by atomic mass is 19.1. The van der Waals surface area contributed by atoms with Crippen LogP contribution in [-0.4, -0.2) is 6.61 Å². The van der Waals surface area contributed by atoms with E-state index in [4.69, 9.17) is 10.5 Å². The Labute approximate surface area is 122 Å². The number of benzene rings is 2. The minimum Gasteiger partial charge on any atom is -0.491 e. The summed E-state index contributed by atoms with van der Waals surface area (Å²) in [6, 6.07) is 8.70. The van der Waals surface area contributed by atoms with Gasteiger partial charge in [0, 0.05) is 12.1 Å². The zero-order valence-electron chi connectivity index (χ0n) is 11.8. The van der Waals surface area contributed by atoms with Crippen LogP contribution in [0.2, 0.25) is 0 Å². The van der Waals surface area contributed by atoms with Gasteiger partial charge in [0.1, 0.15) is 17.4 Å². The molecule has 5 heteroatoms. The molecule has 3 nitrogen and oxygen atoms in total. The van der Waals surface area contributed by atoms with Crippen LogP contribution in [0.1, 0.15) is 18.9 Å². The molecule has 0 aliphatic carbocycles. The second-order valence-electron chi connectivity index (χ2n) is 4.66. The van der Waals surface area contributed by atoms with E-state index in [0.29, 0.717) is 23.7 Å². The number of halogens is 2. The molecule has 0 fully saturated rings. The lowest BCUT2D eigenvalue weighted by molar-refractivity contribution is 0.319. The van der Waals surface area contributed by atoms with Gasteiger partial charge in [0.2, 0.25) is 0 Å². The summed E-state index contributed by atoms with van der Waals surface area (Å²) in [5, 5.41) is 3.00. The molecule has 0 atom stereocenters. The van der Waals surface area contributed by atoms with Gasteiger partial charge in [-0.1, -0.05) is 13.0 Å². The van der Waals surface area contributed by atoms with E-state index in [1.54, 1.807) is 18.2 Å². The van der Waals surface area contributed by atoms with Crippen molar-refractivity contribution in [1.29, 1.82) is 0 Å². The first kappa shape index (κ1) is 15.1. The summed E-state index contributed by atoms with van der Waals surface area (Å²) in [7, 11) is 0. The lowest BCUT2D eigenvalue weighted by atomic mass is 10.2. The van der Waals surface area contributed by atoms with E-state index >= 15 is 0 Å². The van der Waals surface area contributed by atoms with Crippen LogP contribution in [0, 0.1) is 11.6 Å². The quantitative estimate of drug-likeness (QED) is 0.793. The second kappa shape index (κ2) is 6.92. The van der Waals surface area contributed by atoms with Gasteiger partial charge in [0.05, 0.1) is 18.0 Å². The van der Waals surface area contributed by atoms with Crippen molar-refractivity contribution in [3.8, 4) is 5.75 Å². The molecule has 2 aromatic rings. The van der Waals surface area contributed by atoms with Crippen molar-refractivity contribution in [2.45, 2.75) is 19.9 Å². The molecule has 2 rings (SSSR count). The SMILES string of the molecule is CCCOc1cccc(NCc2cc(F)ccc2F)c1N. The van der Waals surface area contributed by atoms with Gasteiger partial charge in [-0.25, -0.2) is 8.78 Å². The molecule has 0 amide bonds. The lowest BCUT2D eigenvalue weighted by Gasteiger charge is -2.14. The summed E-state index contributed by atoms with van der Waals surface area (Å²) in [6.45, 7) is 2.72.